The number of hydrazone groups is 1. The fourth-order valence-corrected chi connectivity index (χ4v) is 2.46. The van der Waals surface area contributed by atoms with Crippen LogP contribution < -0.4 is 0 Å². The molecule has 1 aromatic rings. The quantitative estimate of drug-likeness (QED) is 0.460. The first-order valence-corrected chi connectivity index (χ1v) is 6.93. The van der Waals surface area contributed by atoms with E-state index >= 15 is 0 Å². The van der Waals surface area contributed by atoms with Crippen LogP contribution in [0.2, 0.25) is 0 Å². The van der Waals surface area contributed by atoms with E-state index in [1.165, 1.54) is 16.8 Å². The van der Waals surface area contributed by atoms with Gasteiger partial charge in [-0.2, -0.15) is 10.1 Å². The molecule has 1 amide bonds. The second-order valence-corrected chi connectivity index (χ2v) is 5.91. The van der Waals surface area contributed by atoms with E-state index in [0.29, 0.717) is 10.1 Å². The molecule has 0 aromatic heterocycles. The first-order chi connectivity index (χ1) is 7.66. The number of halogens is 1. The minimum atomic E-state index is -0.0586. The van der Waals surface area contributed by atoms with Crippen LogP contribution in [0, 0.1) is 3.57 Å². The van der Waals surface area contributed by atoms with Crippen LogP contribution in [-0.2, 0) is 4.79 Å². The van der Waals surface area contributed by atoms with Crippen molar-refractivity contribution < 1.29 is 4.79 Å². The lowest BCUT2D eigenvalue weighted by Crippen LogP contribution is -2.22. The molecule has 3 nitrogen and oxygen atoms in total. The lowest BCUT2D eigenvalue weighted by molar-refractivity contribution is -0.123. The fourth-order valence-electron chi connectivity index (χ4n) is 1.13. The van der Waals surface area contributed by atoms with E-state index in [-0.39, 0.29) is 5.91 Å². The maximum atomic E-state index is 11.4. The molecule has 1 fully saturated rings. The fraction of sp³-hybridized carbons (Fsp3) is 0.100. The molecule has 0 unspecified atom stereocenters. The number of hydrogen-bond acceptors (Lipinski definition) is 4. The van der Waals surface area contributed by atoms with Gasteiger partial charge in [0.25, 0.3) is 5.91 Å². The van der Waals surface area contributed by atoms with Crippen LogP contribution >= 0.6 is 46.6 Å². The van der Waals surface area contributed by atoms with Gasteiger partial charge in [-0.1, -0.05) is 36.1 Å². The summed E-state index contributed by atoms with van der Waals surface area (Å²) in [5.74, 6) is 0.333. The van der Waals surface area contributed by atoms with Crippen molar-refractivity contribution in [2.24, 2.45) is 5.10 Å². The molecule has 0 radical (unpaired) electrons. The van der Waals surface area contributed by atoms with Crippen LogP contribution in [-0.4, -0.2) is 27.2 Å². The van der Waals surface area contributed by atoms with Gasteiger partial charge in [-0.3, -0.25) is 4.79 Å². The number of carbonyl (C=O) groups excluding carboxylic acids is 1. The summed E-state index contributed by atoms with van der Waals surface area (Å²) in [4.78, 5) is 11.4. The summed E-state index contributed by atoms with van der Waals surface area (Å²) in [7, 11) is 0. The molecule has 1 heterocycles. The third-order valence-corrected chi connectivity index (χ3v) is 3.98. The standard InChI is InChI=1S/C10H7IN2OS2/c11-8-3-1-7(2-4-8)5-12-13-9(14)6-16-10(13)15/h1-5H,6H2. The molecule has 0 spiro atoms. The Labute approximate surface area is 116 Å². The molecule has 0 N–H and O–H groups in total. The normalized spacial score (nSPS) is 16.4. The summed E-state index contributed by atoms with van der Waals surface area (Å²) in [5.41, 5.74) is 0.952. The van der Waals surface area contributed by atoms with Gasteiger partial charge in [0.05, 0.1) is 12.0 Å². The van der Waals surface area contributed by atoms with Gasteiger partial charge in [0.2, 0.25) is 0 Å². The Hall–Kier alpha value is -0.470. The molecule has 16 heavy (non-hydrogen) atoms. The molecule has 0 atom stereocenters. The molecule has 1 aromatic carbocycles. The smallest absolute Gasteiger partial charge is 0.259 e. The maximum absolute atomic E-state index is 11.4. The van der Waals surface area contributed by atoms with Crippen LogP contribution in [0.4, 0.5) is 0 Å². The van der Waals surface area contributed by atoms with Crippen molar-refractivity contribution in [1.29, 1.82) is 0 Å². The molecule has 1 aliphatic rings. The van der Waals surface area contributed by atoms with Crippen molar-refractivity contribution in [3.63, 3.8) is 0 Å². The number of carbonyl (C=O) groups is 1. The van der Waals surface area contributed by atoms with E-state index in [9.17, 15) is 4.79 Å². The van der Waals surface area contributed by atoms with E-state index in [2.05, 4.69) is 27.7 Å². The van der Waals surface area contributed by atoms with Crippen molar-refractivity contribution >= 4 is 63.0 Å². The van der Waals surface area contributed by atoms with Gasteiger partial charge in [-0.25, -0.2) is 0 Å². The average Bonchev–Trinajstić information content (AvgIpc) is 2.59. The van der Waals surface area contributed by atoms with Crippen molar-refractivity contribution in [1.82, 2.24) is 5.01 Å². The Bertz CT molecular complexity index is 442. The number of benzene rings is 1. The van der Waals surface area contributed by atoms with Gasteiger partial charge in [-0.05, 0) is 40.3 Å². The Balaban J connectivity index is 2.12. The molecular weight excluding hydrogens is 355 g/mol. The first kappa shape index (κ1) is 12.0. The van der Waals surface area contributed by atoms with Crippen molar-refractivity contribution in [2.45, 2.75) is 0 Å². The van der Waals surface area contributed by atoms with Crippen molar-refractivity contribution in [2.75, 3.05) is 5.75 Å². The molecule has 1 saturated heterocycles. The van der Waals surface area contributed by atoms with Crippen LogP contribution in [0.5, 0.6) is 0 Å². The van der Waals surface area contributed by atoms with E-state index < -0.39 is 0 Å². The van der Waals surface area contributed by atoms with Gasteiger partial charge in [0.15, 0.2) is 4.32 Å². The summed E-state index contributed by atoms with van der Waals surface area (Å²) in [6.45, 7) is 0. The zero-order valence-electron chi connectivity index (χ0n) is 8.09. The molecule has 82 valence electrons. The summed E-state index contributed by atoms with van der Waals surface area (Å²) in [6.07, 6.45) is 1.64. The highest BCUT2D eigenvalue weighted by Crippen LogP contribution is 2.19. The molecule has 6 heteroatoms. The van der Waals surface area contributed by atoms with E-state index in [1.807, 2.05) is 24.3 Å². The van der Waals surface area contributed by atoms with E-state index in [1.54, 1.807) is 6.21 Å². The molecule has 0 saturated carbocycles. The van der Waals surface area contributed by atoms with Crippen molar-refractivity contribution in [3.8, 4) is 0 Å². The van der Waals surface area contributed by atoms with Gasteiger partial charge in [0, 0.05) is 3.57 Å². The third-order valence-electron chi connectivity index (χ3n) is 1.92. The van der Waals surface area contributed by atoms with Gasteiger partial charge in [-0.15, -0.1) is 0 Å². The van der Waals surface area contributed by atoms with Crippen LogP contribution in [0.15, 0.2) is 29.4 Å². The SMILES string of the molecule is O=C1CSC(=S)N1N=Cc1ccc(I)cc1. The Kier molecular flexibility index (Phi) is 3.93. The zero-order chi connectivity index (χ0) is 11.5. The molecule has 1 aliphatic heterocycles. The zero-order valence-corrected chi connectivity index (χ0v) is 11.9. The predicted molar refractivity (Wildman–Crippen MR) is 78.7 cm³/mol. The highest BCUT2D eigenvalue weighted by Gasteiger charge is 2.25. The number of amides is 1. The highest BCUT2D eigenvalue weighted by molar-refractivity contribution is 14.1. The third kappa shape index (κ3) is 2.80. The largest absolute Gasteiger partial charge is 0.272 e. The van der Waals surface area contributed by atoms with Gasteiger partial charge >= 0.3 is 0 Å². The highest BCUT2D eigenvalue weighted by atomic mass is 127. The monoisotopic (exact) mass is 362 g/mol. The number of nitrogens with zero attached hydrogens (tertiary/aromatic N) is 2. The van der Waals surface area contributed by atoms with Crippen LogP contribution in [0.3, 0.4) is 0 Å². The van der Waals surface area contributed by atoms with Gasteiger partial charge < -0.3 is 0 Å². The number of thiocarbonyl (C=S) groups is 1. The Morgan fingerprint density at radius 1 is 1.44 bits per heavy atom. The predicted octanol–water partition coefficient (Wildman–Crippen LogP) is 2.49. The number of rotatable bonds is 2. The summed E-state index contributed by atoms with van der Waals surface area (Å²) in [5, 5.41) is 5.36. The number of thioether (sulfide) groups is 1. The summed E-state index contributed by atoms with van der Waals surface area (Å²) >= 11 is 8.59. The Morgan fingerprint density at radius 2 is 2.12 bits per heavy atom. The lowest BCUT2D eigenvalue weighted by Gasteiger charge is -2.06. The minimum Gasteiger partial charge on any atom is -0.272 e. The molecule has 0 bridgehead atoms. The van der Waals surface area contributed by atoms with Gasteiger partial charge in [0.1, 0.15) is 0 Å². The summed E-state index contributed by atoms with van der Waals surface area (Å²) in [6, 6.07) is 7.87. The molecule has 2 rings (SSSR count). The number of hydrogen-bond donors (Lipinski definition) is 0. The van der Waals surface area contributed by atoms with E-state index in [4.69, 9.17) is 12.2 Å². The van der Waals surface area contributed by atoms with Crippen LogP contribution in [0.1, 0.15) is 5.56 Å². The Morgan fingerprint density at radius 3 is 2.69 bits per heavy atom. The average molecular weight is 362 g/mol. The first-order valence-electron chi connectivity index (χ1n) is 4.46. The second-order valence-electron chi connectivity index (χ2n) is 3.06. The molecule has 0 aliphatic carbocycles. The molecular formula is C10H7IN2OS2. The van der Waals surface area contributed by atoms with E-state index in [0.717, 1.165) is 9.13 Å². The van der Waals surface area contributed by atoms with Crippen LogP contribution in [0.25, 0.3) is 0 Å². The maximum Gasteiger partial charge on any atom is 0.259 e. The second kappa shape index (κ2) is 5.24. The summed E-state index contributed by atoms with van der Waals surface area (Å²) < 4.78 is 1.69. The minimum absolute atomic E-state index is 0.0586. The lowest BCUT2D eigenvalue weighted by atomic mass is 10.2. The topological polar surface area (TPSA) is 32.7 Å². The van der Waals surface area contributed by atoms with Crippen molar-refractivity contribution in [3.05, 3.63) is 33.4 Å².